The molecule has 1 aromatic carbocycles. The third-order valence-corrected chi connectivity index (χ3v) is 2.75. The van der Waals surface area contributed by atoms with E-state index in [1.54, 1.807) is 12.1 Å². The highest BCUT2D eigenvalue weighted by Crippen LogP contribution is 2.16. The van der Waals surface area contributed by atoms with Crippen LogP contribution in [0.5, 0.6) is 0 Å². The summed E-state index contributed by atoms with van der Waals surface area (Å²) >= 11 is 3.04. The number of rotatable bonds is 5. The Morgan fingerprint density at radius 3 is 2.53 bits per heavy atom. The topological polar surface area (TPSA) is 84.2 Å². The number of nitrogens with one attached hydrogen (secondary N) is 2. The highest BCUT2D eigenvalue weighted by Gasteiger charge is 2.05. The summed E-state index contributed by atoms with van der Waals surface area (Å²) in [5.74, 6) is -1.15. The fraction of sp³-hybridized carbons (Fsp3) is 0.273. The molecule has 106 valence electrons. The molecule has 0 radical (unpaired) electrons. The second-order valence-corrected chi connectivity index (χ2v) is 4.36. The predicted molar refractivity (Wildman–Crippen MR) is 75.3 cm³/mol. The van der Waals surface area contributed by atoms with Gasteiger partial charge in [0, 0.05) is 6.54 Å². The van der Waals surface area contributed by atoms with Crippen molar-refractivity contribution >= 4 is 40.2 Å². The first kappa shape index (κ1) is 17.8. The summed E-state index contributed by atoms with van der Waals surface area (Å²) < 4.78 is 13.5. The molecule has 0 saturated carbocycles. The second-order valence-electron chi connectivity index (χ2n) is 3.51. The average Bonchev–Trinajstić information content (AvgIpc) is 2.37. The summed E-state index contributed by atoms with van der Waals surface area (Å²) in [7, 11) is 0. The minimum Gasteiger partial charge on any atom is -0.350 e. The van der Waals surface area contributed by atoms with E-state index in [1.807, 2.05) is 0 Å². The molecule has 0 aliphatic rings. The Morgan fingerprint density at radius 2 is 1.95 bits per heavy atom. The van der Waals surface area contributed by atoms with E-state index in [1.165, 1.54) is 6.07 Å². The number of carbonyl (C=O) groups excluding carboxylic acids is 2. The van der Waals surface area contributed by atoms with Gasteiger partial charge in [-0.25, -0.2) is 4.39 Å². The van der Waals surface area contributed by atoms with Gasteiger partial charge < -0.3 is 16.4 Å². The maximum absolute atomic E-state index is 13.2. The summed E-state index contributed by atoms with van der Waals surface area (Å²) in [4.78, 5) is 22.1. The predicted octanol–water partition coefficient (Wildman–Crippen LogP) is 0.701. The average molecular weight is 355 g/mol. The molecule has 19 heavy (non-hydrogen) atoms. The standard InChI is InChI=1S/C11H13BrFN3O2.ClH/c12-8-2-1-7(3-9(8)13)5-15-11(18)6-16-10(17)4-14;/h1-3H,4-6,14H2,(H,15,18)(H,16,17);1H. The van der Waals surface area contributed by atoms with E-state index < -0.39 is 11.7 Å². The quantitative estimate of drug-likeness (QED) is 0.728. The van der Waals surface area contributed by atoms with Crippen molar-refractivity contribution in [1.29, 1.82) is 0 Å². The molecule has 0 aliphatic heterocycles. The molecule has 0 aromatic heterocycles. The van der Waals surface area contributed by atoms with Crippen LogP contribution in [-0.2, 0) is 16.1 Å². The Labute approximate surface area is 124 Å². The van der Waals surface area contributed by atoms with Crippen molar-refractivity contribution in [3.63, 3.8) is 0 Å². The van der Waals surface area contributed by atoms with Gasteiger partial charge in [0.1, 0.15) is 5.82 Å². The summed E-state index contributed by atoms with van der Waals surface area (Å²) in [5.41, 5.74) is 5.70. The first-order valence-electron chi connectivity index (χ1n) is 5.20. The van der Waals surface area contributed by atoms with Crippen LogP contribution < -0.4 is 16.4 Å². The van der Waals surface area contributed by atoms with Gasteiger partial charge >= 0.3 is 0 Å². The maximum atomic E-state index is 13.2. The first-order valence-corrected chi connectivity index (χ1v) is 5.99. The van der Waals surface area contributed by atoms with Crippen molar-refractivity contribution < 1.29 is 14.0 Å². The van der Waals surface area contributed by atoms with Gasteiger partial charge in [-0.05, 0) is 33.6 Å². The van der Waals surface area contributed by atoms with Crippen LogP contribution in [-0.4, -0.2) is 24.9 Å². The van der Waals surface area contributed by atoms with E-state index in [9.17, 15) is 14.0 Å². The molecule has 0 saturated heterocycles. The van der Waals surface area contributed by atoms with Crippen molar-refractivity contribution in [2.24, 2.45) is 5.73 Å². The zero-order valence-electron chi connectivity index (χ0n) is 9.91. The van der Waals surface area contributed by atoms with E-state index in [-0.39, 0.29) is 37.9 Å². The smallest absolute Gasteiger partial charge is 0.239 e. The Morgan fingerprint density at radius 1 is 1.26 bits per heavy atom. The van der Waals surface area contributed by atoms with E-state index in [0.717, 1.165) is 0 Å². The van der Waals surface area contributed by atoms with Gasteiger partial charge in [-0.2, -0.15) is 0 Å². The molecule has 8 heteroatoms. The van der Waals surface area contributed by atoms with Crippen molar-refractivity contribution in [2.75, 3.05) is 13.1 Å². The number of hydrogen-bond donors (Lipinski definition) is 3. The summed E-state index contributed by atoms with van der Waals surface area (Å²) in [6, 6.07) is 4.57. The third-order valence-electron chi connectivity index (χ3n) is 2.11. The fourth-order valence-corrected chi connectivity index (χ4v) is 1.41. The Bertz CT molecular complexity index is 460. The number of hydrogen-bond acceptors (Lipinski definition) is 3. The lowest BCUT2D eigenvalue weighted by Crippen LogP contribution is -2.39. The minimum absolute atomic E-state index is 0. The molecule has 0 fully saturated rings. The van der Waals surface area contributed by atoms with E-state index in [0.29, 0.717) is 10.0 Å². The number of benzene rings is 1. The van der Waals surface area contributed by atoms with Crippen LogP contribution in [0.3, 0.4) is 0 Å². The third kappa shape index (κ3) is 6.51. The molecule has 0 aliphatic carbocycles. The van der Waals surface area contributed by atoms with E-state index in [2.05, 4.69) is 26.6 Å². The largest absolute Gasteiger partial charge is 0.350 e. The normalized spacial score (nSPS) is 9.42. The maximum Gasteiger partial charge on any atom is 0.239 e. The lowest BCUT2D eigenvalue weighted by Gasteiger charge is -2.06. The number of carbonyl (C=O) groups is 2. The zero-order chi connectivity index (χ0) is 13.5. The first-order chi connectivity index (χ1) is 8.52. The molecule has 0 unspecified atom stereocenters. The van der Waals surface area contributed by atoms with Gasteiger partial charge in [-0.1, -0.05) is 6.07 Å². The Hall–Kier alpha value is -1.18. The molecule has 0 atom stereocenters. The summed E-state index contributed by atoms with van der Waals surface area (Å²) in [6.07, 6.45) is 0. The van der Waals surface area contributed by atoms with Crippen LogP contribution in [0.1, 0.15) is 5.56 Å². The highest BCUT2D eigenvalue weighted by molar-refractivity contribution is 9.10. The van der Waals surface area contributed by atoms with Crippen molar-refractivity contribution in [3.05, 3.63) is 34.1 Å². The van der Waals surface area contributed by atoms with Crippen molar-refractivity contribution in [1.82, 2.24) is 10.6 Å². The van der Waals surface area contributed by atoms with Gasteiger partial charge in [-0.3, -0.25) is 9.59 Å². The lowest BCUT2D eigenvalue weighted by atomic mass is 10.2. The van der Waals surface area contributed by atoms with Gasteiger partial charge in [0.05, 0.1) is 17.6 Å². The summed E-state index contributed by atoms with van der Waals surface area (Å²) in [5, 5.41) is 4.88. The fourth-order valence-electron chi connectivity index (χ4n) is 1.16. The lowest BCUT2D eigenvalue weighted by molar-refractivity contribution is -0.125. The van der Waals surface area contributed by atoms with E-state index in [4.69, 9.17) is 5.73 Å². The molecule has 2 amide bonds. The Balaban J connectivity index is 0.00000324. The van der Waals surface area contributed by atoms with Crippen molar-refractivity contribution in [3.8, 4) is 0 Å². The number of halogens is 3. The molecule has 0 bridgehead atoms. The van der Waals surface area contributed by atoms with Gasteiger partial charge in [0.25, 0.3) is 0 Å². The monoisotopic (exact) mass is 353 g/mol. The SMILES string of the molecule is Cl.NCC(=O)NCC(=O)NCc1ccc(Br)c(F)c1. The molecule has 4 N–H and O–H groups in total. The van der Waals surface area contributed by atoms with Crippen LogP contribution in [0.4, 0.5) is 4.39 Å². The molecule has 1 rings (SSSR count). The molecular weight excluding hydrogens is 340 g/mol. The highest BCUT2D eigenvalue weighted by atomic mass is 79.9. The van der Waals surface area contributed by atoms with Crippen molar-refractivity contribution in [2.45, 2.75) is 6.54 Å². The van der Waals surface area contributed by atoms with Crippen LogP contribution in [0, 0.1) is 5.82 Å². The molecule has 0 spiro atoms. The van der Waals surface area contributed by atoms with Gasteiger partial charge in [0.15, 0.2) is 0 Å². The molecule has 1 aromatic rings. The molecule has 5 nitrogen and oxygen atoms in total. The van der Waals surface area contributed by atoms with Crippen LogP contribution in [0.15, 0.2) is 22.7 Å². The van der Waals surface area contributed by atoms with Gasteiger partial charge in [-0.15, -0.1) is 12.4 Å². The van der Waals surface area contributed by atoms with Crippen LogP contribution in [0.2, 0.25) is 0 Å². The zero-order valence-corrected chi connectivity index (χ0v) is 12.3. The number of nitrogens with two attached hydrogens (primary N) is 1. The molecular formula is C11H14BrClFN3O2. The second kappa shape index (κ2) is 8.84. The van der Waals surface area contributed by atoms with Gasteiger partial charge in [0.2, 0.25) is 11.8 Å². The van der Waals surface area contributed by atoms with Crippen LogP contribution in [0.25, 0.3) is 0 Å². The van der Waals surface area contributed by atoms with Crippen LogP contribution >= 0.6 is 28.3 Å². The number of amides is 2. The Kier molecular flexibility index (Phi) is 8.29. The minimum atomic E-state index is -0.403. The summed E-state index contributed by atoms with van der Waals surface area (Å²) in [6.45, 7) is -0.109. The molecule has 0 heterocycles. The van der Waals surface area contributed by atoms with E-state index >= 15 is 0 Å².